The number of nitrogens with one attached hydrogen (secondary N) is 1. The van der Waals surface area contributed by atoms with Crippen LogP contribution in [-0.2, 0) is 16.2 Å². The molecule has 4 N–H and O–H groups in total. The van der Waals surface area contributed by atoms with E-state index in [9.17, 15) is 26.7 Å². The summed E-state index contributed by atoms with van der Waals surface area (Å²) in [5, 5.41) is 18.0. The second-order valence-electron chi connectivity index (χ2n) is 5.31. The van der Waals surface area contributed by atoms with Crippen molar-refractivity contribution < 1.29 is 26.7 Å². The lowest BCUT2D eigenvalue weighted by molar-refractivity contribution is -0.137. The van der Waals surface area contributed by atoms with Crippen LogP contribution in [0.15, 0.2) is 41.3 Å². The molecule has 0 fully saturated rings. The number of primary sulfonamides is 1. The van der Waals surface area contributed by atoms with Crippen LogP contribution in [0.3, 0.4) is 0 Å². The molecule has 0 radical (unpaired) electrons. The van der Waals surface area contributed by atoms with Gasteiger partial charge in [-0.15, -0.1) is 0 Å². The summed E-state index contributed by atoms with van der Waals surface area (Å²) in [5.74, 6) is 0. The van der Waals surface area contributed by atoms with Gasteiger partial charge in [-0.2, -0.15) is 13.2 Å². The van der Waals surface area contributed by atoms with Gasteiger partial charge >= 0.3 is 6.18 Å². The highest BCUT2D eigenvalue weighted by molar-refractivity contribution is 7.89. The van der Waals surface area contributed by atoms with Gasteiger partial charge in [0, 0.05) is 27.8 Å². The number of sulfonamides is 1. The lowest BCUT2D eigenvalue weighted by Crippen LogP contribution is -2.18. The summed E-state index contributed by atoms with van der Waals surface area (Å²) in [5.41, 5.74) is -1.36. The first-order valence-electron chi connectivity index (χ1n) is 7.00. The molecule has 2 rings (SSSR count). The molecule has 0 saturated heterocycles. The summed E-state index contributed by atoms with van der Waals surface area (Å²) in [6, 6.07) is 6.62. The Bertz CT molecular complexity index is 921. The second kappa shape index (κ2) is 7.61. The molecule has 142 valence electrons. The molecule has 0 aromatic heterocycles. The minimum Gasteiger partial charge on any atom is -0.387 e. The van der Waals surface area contributed by atoms with E-state index in [2.05, 4.69) is 5.32 Å². The van der Waals surface area contributed by atoms with Gasteiger partial charge in [-0.1, -0.05) is 29.3 Å². The van der Waals surface area contributed by atoms with Crippen LogP contribution < -0.4 is 10.5 Å². The topological polar surface area (TPSA) is 92.4 Å². The number of aliphatic hydroxyl groups excluding tert-OH is 1. The van der Waals surface area contributed by atoms with Gasteiger partial charge in [-0.25, -0.2) is 13.6 Å². The van der Waals surface area contributed by atoms with Crippen LogP contribution in [0.5, 0.6) is 0 Å². The van der Waals surface area contributed by atoms with E-state index in [1.165, 1.54) is 18.2 Å². The van der Waals surface area contributed by atoms with Gasteiger partial charge in [-0.3, -0.25) is 0 Å². The average Bonchev–Trinajstić information content (AvgIpc) is 2.50. The molecule has 2 aromatic rings. The molecule has 0 aliphatic rings. The van der Waals surface area contributed by atoms with Crippen molar-refractivity contribution in [2.24, 2.45) is 5.14 Å². The molecule has 0 heterocycles. The first kappa shape index (κ1) is 20.8. The first-order chi connectivity index (χ1) is 11.9. The van der Waals surface area contributed by atoms with Crippen molar-refractivity contribution in [3.63, 3.8) is 0 Å². The predicted molar refractivity (Wildman–Crippen MR) is 92.7 cm³/mol. The largest absolute Gasteiger partial charge is 0.418 e. The van der Waals surface area contributed by atoms with Crippen molar-refractivity contribution in [1.29, 1.82) is 0 Å². The zero-order valence-corrected chi connectivity index (χ0v) is 15.2. The fourth-order valence-corrected chi connectivity index (χ4v) is 3.25. The average molecular weight is 429 g/mol. The van der Waals surface area contributed by atoms with Gasteiger partial charge in [0.2, 0.25) is 10.0 Å². The number of rotatable bonds is 5. The standard InChI is InChI=1S/C15H13Cl2F3N2O3S/c16-8-1-3-10(12(17)5-8)14(23)7-22-13-4-2-9(26(21,24)25)6-11(13)15(18,19)20/h1-6,14,22-23H,7H2,(H2,21,24,25). The quantitative estimate of drug-likeness (QED) is 0.674. The maximum Gasteiger partial charge on any atom is 0.418 e. The van der Waals surface area contributed by atoms with E-state index in [4.69, 9.17) is 28.3 Å². The number of aliphatic hydroxyl groups is 1. The zero-order valence-electron chi connectivity index (χ0n) is 12.9. The SMILES string of the molecule is NS(=O)(=O)c1ccc(NCC(O)c2ccc(Cl)cc2Cl)c(C(F)(F)F)c1. The highest BCUT2D eigenvalue weighted by Gasteiger charge is 2.34. The summed E-state index contributed by atoms with van der Waals surface area (Å²) in [6.07, 6.45) is -6.05. The van der Waals surface area contributed by atoms with Crippen molar-refractivity contribution >= 4 is 38.9 Å². The Morgan fingerprint density at radius 3 is 2.35 bits per heavy atom. The number of halogens is 5. The van der Waals surface area contributed by atoms with E-state index in [-0.39, 0.29) is 17.1 Å². The van der Waals surface area contributed by atoms with Crippen molar-refractivity contribution in [1.82, 2.24) is 0 Å². The molecule has 0 saturated carbocycles. The maximum absolute atomic E-state index is 13.2. The molecule has 0 aliphatic heterocycles. The number of alkyl halides is 3. The summed E-state index contributed by atoms with van der Waals surface area (Å²) >= 11 is 11.7. The minimum atomic E-state index is -4.83. The lowest BCUT2D eigenvalue weighted by atomic mass is 10.1. The van der Waals surface area contributed by atoms with E-state index >= 15 is 0 Å². The molecule has 0 amide bonds. The molecule has 0 spiro atoms. The van der Waals surface area contributed by atoms with Crippen LogP contribution in [-0.4, -0.2) is 20.1 Å². The fraction of sp³-hybridized carbons (Fsp3) is 0.200. The maximum atomic E-state index is 13.2. The fourth-order valence-electron chi connectivity index (χ4n) is 2.18. The van der Waals surface area contributed by atoms with E-state index in [1.54, 1.807) is 0 Å². The molecule has 1 atom stereocenters. The van der Waals surface area contributed by atoms with Crippen molar-refractivity contribution in [3.05, 3.63) is 57.6 Å². The number of hydrogen-bond donors (Lipinski definition) is 3. The van der Waals surface area contributed by atoms with Crippen LogP contribution in [0.1, 0.15) is 17.2 Å². The van der Waals surface area contributed by atoms with Crippen molar-refractivity contribution in [2.45, 2.75) is 17.2 Å². The third kappa shape index (κ3) is 5.01. The van der Waals surface area contributed by atoms with E-state index in [1.807, 2.05) is 0 Å². The molecule has 11 heteroatoms. The first-order valence-corrected chi connectivity index (χ1v) is 9.31. The van der Waals surface area contributed by atoms with Gasteiger partial charge in [0.25, 0.3) is 0 Å². The summed E-state index contributed by atoms with van der Waals surface area (Å²) in [6.45, 7) is -0.306. The molecular formula is C15H13Cl2F3N2O3S. The zero-order chi connectivity index (χ0) is 19.7. The van der Waals surface area contributed by atoms with Crippen LogP contribution in [0.2, 0.25) is 10.0 Å². The molecule has 0 aliphatic carbocycles. The molecule has 26 heavy (non-hydrogen) atoms. The Morgan fingerprint density at radius 1 is 1.15 bits per heavy atom. The van der Waals surface area contributed by atoms with Crippen LogP contribution in [0, 0.1) is 0 Å². The third-order valence-electron chi connectivity index (χ3n) is 3.43. The lowest BCUT2D eigenvalue weighted by Gasteiger charge is -2.18. The molecule has 0 bridgehead atoms. The summed E-state index contributed by atoms with van der Waals surface area (Å²) in [4.78, 5) is -0.670. The van der Waals surface area contributed by atoms with Gasteiger partial charge in [0.15, 0.2) is 0 Å². The Hall–Kier alpha value is -1.52. The highest BCUT2D eigenvalue weighted by atomic mass is 35.5. The molecule has 1 unspecified atom stereocenters. The normalized spacial score (nSPS) is 13.5. The van der Waals surface area contributed by atoms with Crippen molar-refractivity contribution in [3.8, 4) is 0 Å². The third-order valence-corrected chi connectivity index (χ3v) is 4.91. The summed E-state index contributed by atoms with van der Waals surface area (Å²) in [7, 11) is -4.29. The second-order valence-corrected chi connectivity index (χ2v) is 7.72. The van der Waals surface area contributed by atoms with E-state index < -0.39 is 38.4 Å². The number of anilines is 1. The highest BCUT2D eigenvalue weighted by Crippen LogP contribution is 2.36. The monoisotopic (exact) mass is 428 g/mol. The Morgan fingerprint density at radius 2 is 1.81 bits per heavy atom. The van der Waals surface area contributed by atoms with Gasteiger partial charge in [-0.05, 0) is 30.3 Å². The Labute approximate surface area is 157 Å². The number of benzene rings is 2. The van der Waals surface area contributed by atoms with Crippen molar-refractivity contribution in [2.75, 3.05) is 11.9 Å². The van der Waals surface area contributed by atoms with Gasteiger partial charge in [0.1, 0.15) is 0 Å². The number of hydrogen-bond acceptors (Lipinski definition) is 4. The Kier molecular flexibility index (Phi) is 6.09. The molecular weight excluding hydrogens is 416 g/mol. The minimum absolute atomic E-state index is 0.160. The van der Waals surface area contributed by atoms with E-state index in [0.717, 1.165) is 12.1 Å². The molecule has 2 aromatic carbocycles. The molecule has 5 nitrogen and oxygen atoms in total. The van der Waals surface area contributed by atoms with Crippen LogP contribution in [0.25, 0.3) is 0 Å². The summed E-state index contributed by atoms with van der Waals surface area (Å²) < 4.78 is 62.1. The van der Waals surface area contributed by atoms with E-state index in [0.29, 0.717) is 11.1 Å². The number of nitrogens with two attached hydrogens (primary N) is 1. The van der Waals surface area contributed by atoms with Gasteiger partial charge in [0.05, 0.1) is 16.6 Å². The van der Waals surface area contributed by atoms with Crippen LogP contribution >= 0.6 is 23.2 Å². The smallest absolute Gasteiger partial charge is 0.387 e. The predicted octanol–water partition coefficient (Wildman–Crippen LogP) is 3.81. The van der Waals surface area contributed by atoms with Crippen LogP contribution in [0.4, 0.5) is 18.9 Å². The Balaban J connectivity index is 2.28. The van der Waals surface area contributed by atoms with Gasteiger partial charge < -0.3 is 10.4 Å².